The quantitative estimate of drug-likeness (QED) is 0.301. The monoisotopic (exact) mass is 200 g/mol. The summed E-state index contributed by atoms with van der Waals surface area (Å²) in [5.74, 6) is 0. The van der Waals surface area contributed by atoms with Crippen LogP contribution in [-0.4, -0.2) is 23.7 Å². The lowest BCUT2D eigenvalue weighted by Crippen LogP contribution is -2.28. The van der Waals surface area contributed by atoms with Crippen LogP contribution >= 0.6 is 22.6 Å². The van der Waals surface area contributed by atoms with Gasteiger partial charge < -0.3 is 0 Å². The van der Waals surface area contributed by atoms with Crippen LogP contribution < -0.4 is 5.43 Å². The minimum absolute atomic E-state index is 1.02. The van der Waals surface area contributed by atoms with Crippen molar-refractivity contribution < 1.29 is 0 Å². The molecule has 0 spiro atoms. The van der Waals surface area contributed by atoms with E-state index in [-0.39, 0.29) is 0 Å². The maximum Gasteiger partial charge on any atom is 0.0646 e. The second-order valence-corrected chi connectivity index (χ2v) is 1.72. The van der Waals surface area contributed by atoms with Gasteiger partial charge in [-0.3, -0.25) is 5.43 Å². The number of nitrogens with one attached hydrogen (secondary N) is 1. The largest absolute Gasteiger partial charge is 0.258 e. The number of rotatable bonds is 2. The smallest absolute Gasteiger partial charge is 0.0646 e. The van der Waals surface area contributed by atoms with Crippen LogP contribution in [0, 0.1) is 0 Å². The van der Waals surface area contributed by atoms with Gasteiger partial charge in [0.05, 0.1) is 4.55 Å². The van der Waals surface area contributed by atoms with Crippen molar-refractivity contribution in [3.05, 3.63) is 0 Å². The Kier molecular flexibility index (Phi) is 4.24. The number of nitrogens with zero attached hydrogens (tertiary/aromatic N) is 1. The standard InChI is InChI=1S/C3H9IN2/c1-5-6(2)3-4/h5H,3H2,1-2H3. The second-order valence-electron chi connectivity index (χ2n) is 1.04. The Morgan fingerprint density at radius 2 is 2.33 bits per heavy atom. The first-order valence-electron chi connectivity index (χ1n) is 1.75. The molecule has 0 fully saturated rings. The van der Waals surface area contributed by atoms with E-state index in [0.29, 0.717) is 0 Å². The lowest BCUT2D eigenvalue weighted by atomic mass is 11.1. The summed E-state index contributed by atoms with van der Waals surface area (Å²) in [6.45, 7) is 0. The maximum atomic E-state index is 2.94. The summed E-state index contributed by atoms with van der Waals surface area (Å²) in [5, 5.41) is 1.99. The molecule has 0 aromatic rings. The molecular weight excluding hydrogens is 191 g/mol. The molecule has 0 bridgehead atoms. The molecule has 0 amide bonds. The van der Waals surface area contributed by atoms with E-state index in [1.54, 1.807) is 0 Å². The predicted molar refractivity (Wildman–Crippen MR) is 35.7 cm³/mol. The Labute approximate surface area is 52.0 Å². The summed E-state index contributed by atoms with van der Waals surface area (Å²) in [6.07, 6.45) is 0. The van der Waals surface area contributed by atoms with E-state index in [2.05, 4.69) is 28.0 Å². The summed E-state index contributed by atoms with van der Waals surface area (Å²) < 4.78 is 1.02. The van der Waals surface area contributed by atoms with Gasteiger partial charge in [-0.25, -0.2) is 5.01 Å². The molecule has 0 rings (SSSR count). The molecule has 0 radical (unpaired) electrons. The number of hydrazine groups is 1. The van der Waals surface area contributed by atoms with E-state index >= 15 is 0 Å². The number of alkyl halides is 1. The van der Waals surface area contributed by atoms with Gasteiger partial charge in [0.15, 0.2) is 0 Å². The van der Waals surface area contributed by atoms with Crippen molar-refractivity contribution in [2.45, 2.75) is 0 Å². The Balaban J connectivity index is 2.75. The van der Waals surface area contributed by atoms with Crippen molar-refractivity contribution in [1.29, 1.82) is 0 Å². The fraction of sp³-hybridized carbons (Fsp3) is 1.00. The third-order valence-electron chi connectivity index (χ3n) is 0.561. The average Bonchev–Trinajstić information content (AvgIpc) is 1.65. The molecule has 0 heterocycles. The van der Waals surface area contributed by atoms with Gasteiger partial charge >= 0.3 is 0 Å². The van der Waals surface area contributed by atoms with Crippen molar-refractivity contribution >= 4 is 22.6 Å². The van der Waals surface area contributed by atoms with Crippen LogP contribution in [0.2, 0.25) is 0 Å². The second kappa shape index (κ2) is 3.83. The van der Waals surface area contributed by atoms with Gasteiger partial charge in [-0.15, -0.1) is 0 Å². The Morgan fingerprint density at radius 3 is 2.33 bits per heavy atom. The lowest BCUT2D eigenvalue weighted by Gasteiger charge is -2.08. The van der Waals surface area contributed by atoms with Gasteiger partial charge in [0.2, 0.25) is 0 Å². The third kappa shape index (κ3) is 2.87. The number of hydrogen-bond donors (Lipinski definition) is 1. The molecule has 0 saturated heterocycles. The van der Waals surface area contributed by atoms with Crippen LogP contribution in [0.3, 0.4) is 0 Å². The molecule has 0 aromatic heterocycles. The van der Waals surface area contributed by atoms with E-state index in [0.717, 1.165) is 4.55 Å². The minimum atomic E-state index is 1.02. The summed E-state index contributed by atoms with van der Waals surface area (Å²) in [7, 11) is 3.89. The fourth-order valence-electron chi connectivity index (χ4n) is 0.0598. The zero-order valence-electron chi connectivity index (χ0n) is 4.03. The van der Waals surface area contributed by atoms with Crippen LogP contribution in [0.1, 0.15) is 0 Å². The molecule has 0 unspecified atom stereocenters. The van der Waals surface area contributed by atoms with Crippen LogP contribution in [0.15, 0.2) is 0 Å². The Hall–Kier alpha value is 0.650. The van der Waals surface area contributed by atoms with Gasteiger partial charge in [0.1, 0.15) is 0 Å². The molecule has 0 aromatic carbocycles. The highest BCUT2D eigenvalue weighted by Gasteiger charge is 1.81. The van der Waals surface area contributed by atoms with Crippen molar-refractivity contribution in [2.24, 2.45) is 0 Å². The molecule has 2 nitrogen and oxygen atoms in total. The van der Waals surface area contributed by atoms with Gasteiger partial charge in [-0.05, 0) is 7.05 Å². The topological polar surface area (TPSA) is 15.3 Å². The normalized spacial score (nSPS) is 10.0. The Morgan fingerprint density at radius 1 is 1.83 bits per heavy atom. The first kappa shape index (κ1) is 6.65. The molecule has 0 saturated carbocycles. The highest BCUT2D eigenvalue weighted by atomic mass is 127. The number of halogens is 1. The maximum absolute atomic E-state index is 2.94. The summed E-state index contributed by atoms with van der Waals surface area (Å²) in [6, 6.07) is 0. The molecule has 0 aliphatic rings. The minimum Gasteiger partial charge on any atom is -0.258 e. The molecule has 6 heavy (non-hydrogen) atoms. The molecule has 1 N–H and O–H groups in total. The highest BCUT2D eigenvalue weighted by Crippen LogP contribution is 1.80. The van der Waals surface area contributed by atoms with Crippen molar-refractivity contribution in [2.75, 3.05) is 18.6 Å². The molecule has 3 heteroatoms. The van der Waals surface area contributed by atoms with Crippen molar-refractivity contribution in [1.82, 2.24) is 10.4 Å². The molecule has 0 aliphatic heterocycles. The molecule has 0 aliphatic carbocycles. The van der Waals surface area contributed by atoms with Crippen LogP contribution in [0.4, 0.5) is 0 Å². The zero-order chi connectivity index (χ0) is 4.99. The fourth-order valence-corrected chi connectivity index (χ4v) is 0.401. The highest BCUT2D eigenvalue weighted by molar-refractivity contribution is 14.1. The SMILES string of the molecule is CNN(C)CI. The Bertz CT molecular complexity index is 28.0. The van der Waals surface area contributed by atoms with Crippen LogP contribution in [-0.2, 0) is 0 Å². The van der Waals surface area contributed by atoms with Gasteiger partial charge in [0.25, 0.3) is 0 Å². The van der Waals surface area contributed by atoms with E-state index < -0.39 is 0 Å². The van der Waals surface area contributed by atoms with E-state index in [9.17, 15) is 0 Å². The zero-order valence-corrected chi connectivity index (χ0v) is 6.19. The van der Waals surface area contributed by atoms with E-state index in [1.807, 2.05) is 19.1 Å². The van der Waals surface area contributed by atoms with Gasteiger partial charge in [-0.2, -0.15) is 0 Å². The van der Waals surface area contributed by atoms with Crippen LogP contribution in [0.5, 0.6) is 0 Å². The summed E-state index contributed by atoms with van der Waals surface area (Å²) in [4.78, 5) is 0. The van der Waals surface area contributed by atoms with Crippen molar-refractivity contribution in [3.8, 4) is 0 Å². The van der Waals surface area contributed by atoms with Crippen molar-refractivity contribution in [3.63, 3.8) is 0 Å². The first-order chi connectivity index (χ1) is 2.81. The number of hydrogen-bond acceptors (Lipinski definition) is 2. The average molecular weight is 200 g/mol. The predicted octanol–water partition coefficient (Wildman–Crippen LogP) is 0.445. The molecular formula is C3H9IN2. The van der Waals surface area contributed by atoms with E-state index in [1.165, 1.54) is 0 Å². The van der Waals surface area contributed by atoms with E-state index in [4.69, 9.17) is 0 Å². The summed E-state index contributed by atoms with van der Waals surface area (Å²) in [5.41, 5.74) is 2.94. The van der Waals surface area contributed by atoms with Gasteiger partial charge in [0, 0.05) is 7.05 Å². The van der Waals surface area contributed by atoms with Crippen LogP contribution in [0.25, 0.3) is 0 Å². The lowest BCUT2D eigenvalue weighted by molar-refractivity contribution is 0.316. The van der Waals surface area contributed by atoms with Gasteiger partial charge in [-0.1, -0.05) is 22.6 Å². The summed E-state index contributed by atoms with van der Waals surface area (Å²) >= 11 is 2.28. The third-order valence-corrected chi connectivity index (χ3v) is 1.58. The molecule has 0 atom stereocenters. The first-order valence-corrected chi connectivity index (χ1v) is 3.28. The molecule has 38 valence electrons.